The lowest BCUT2D eigenvalue weighted by Gasteiger charge is -2.30. The SMILES string of the molecule is CC1CCN(CCNC(C)c2ccc(N(C)C)cc2)CC1. The molecule has 1 N–H and O–H groups in total. The Bertz CT molecular complexity index is 405. The largest absolute Gasteiger partial charge is 0.378 e. The van der Waals surface area contributed by atoms with Gasteiger partial charge in [0, 0.05) is 38.9 Å². The summed E-state index contributed by atoms with van der Waals surface area (Å²) in [7, 11) is 4.16. The molecule has 0 bridgehead atoms. The van der Waals surface area contributed by atoms with Crippen LogP contribution in [0.2, 0.25) is 0 Å². The van der Waals surface area contributed by atoms with E-state index in [9.17, 15) is 0 Å². The van der Waals surface area contributed by atoms with Crippen molar-refractivity contribution in [1.29, 1.82) is 0 Å². The first-order valence-corrected chi connectivity index (χ1v) is 8.29. The Balaban J connectivity index is 1.72. The summed E-state index contributed by atoms with van der Waals surface area (Å²) in [5, 5.41) is 3.65. The van der Waals surface area contributed by atoms with Gasteiger partial charge in [-0.05, 0) is 56.5 Å². The van der Waals surface area contributed by atoms with Gasteiger partial charge in [-0.15, -0.1) is 0 Å². The molecule has 1 unspecified atom stereocenters. The molecule has 1 fully saturated rings. The van der Waals surface area contributed by atoms with Gasteiger partial charge in [0.15, 0.2) is 0 Å². The van der Waals surface area contributed by atoms with E-state index in [4.69, 9.17) is 0 Å². The second-order valence-electron chi connectivity index (χ2n) is 6.69. The molecule has 0 saturated carbocycles. The first kappa shape index (κ1) is 16.3. The maximum Gasteiger partial charge on any atom is 0.0361 e. The van der Waals surface area contributed by atoms with E-state index < -0.39 is 0 Å². The minimum absolute atomic E-state index is 0.421. The fraction of sp³-hybridized carbons (Fsp3) is 0.667. The van der Waals surface area contributed by atoms with Crippen molar-refractivity contribution in [2.75, 3.05) is 45.2 Å². The Morgan fingerprint density at radius 2 is 1.81 bits per heavy atom. The summed E-state index contributed by atoms with van der Waals surface area (Å²) in [5.41, 5.74) is 2.63. The van der Waals surface area contributed by atoms with Crippen LogP contribution < -0.4 is 10.2 Å². The van der Waals surface area contributed by atoms with Crippen molar-refractivity contribution in [3.8, 4) is 0 Å². The van der Waals surface area contributed by atoms with E-state index in [1.165, 1.54) is 43.7 Å². The average molecular weight is 289 g/mol. The third-order valence-corrected chi connectivity index (χ3v) is 4.66. The number of nitrogens with one attached hydrogen (secondary N) is 1. The summed E-state index contributed by atoms with van der Waals surface area (Å²) in [5.74, 6) is 0.920. The summed E-state index contributed by atoms with van der Waals surface area (Å²) in [4.78, 5) is 4.73. The van der Waals surface area contributed by atoms with Crippen LogP contribution in [0.1, 0.15) is 38.3 Å². The topological polar surface area (TPSA) is 18.5 Å². The van der Waals surface area contributed by atoms with Gasteiger partial charge in [0.2, 0.25) is 0 Å². The Kier molecular flexibility index (Phi) is 6.07. The monoisotopic (exact) mass is 289 g/mol. The molecule has 1 saturated heterocycles. The Hall–Kier alpha value is -1.06. The van der Waals surface area contributed by atoms with Crippen molar-refractivity contribution in [3.63, 3.8) is 0 Å². The quantitative estimate of drug-likeness (QED) is 0.868. The summed E-state index contributed by atoms with van der Waals surface area (Å²) >= 11 is 0. The minimum atomic E-state index is 0.421. The predicted octanol–water partition coefficient (Wildman–Crippen LogP) is 3.14. The molecule has 21 heavy (non-hydrogen) atoms. The number of hydrogen-bond donors (Lipinski definition) is 1. The van der Waals surface area contributed by atoms with Crippen LogP contribution in [0.5, 0.6) is 0 Å². The molecule has 1 heterocycles. The van der Waals surface area contributed by atoms with E-state index in [2.05, 4.69) is 67.3 Å². The van der Waals surface area contributed by atoms with Gasteiger partial charge in [-0.3, -0.25) is 0 Å². The van der Waals surface area contributed by atoms with Crippen LogP contribution in [-0.2, 0) is 0 Å². The molecule has 3 nitrogen and oxygen atoms in total. The van der Waals surface area contributed by atoms with Crippen molar-refractivity contribution in [1.82, 2.24) is 10.2 Å². The second-order valence-corrected chi connectivity index (χ2v) is 6.69. The van der Waals surface area contributed by atoms with Gasteiger partial charge in [-0.25, -0.2) is 0 Å². The van der Waals surface area contributed by atoms with Gasteiger partial charge in [-0.2, -0.15) is 0 Å². The lowest BCUT2D eigenvalue weighted by atomic mass is 9.99. The maximum atomic E-state index is 3.65. The van der Waals surface area contributed by atoms with Crippen LogP contribution in [0, 0.1) is 5.92 Å². The van der Waals surface area contributed by atoms with Crippen molar-refractivity contribution in [3.05, 3.63) is 29.8 Å². The summed E-state index contributed by atoms with van der Waals surface area (Å²) in [6, 6.07) is 9.27. The second kappa shape index (κ2) is 7.81. The van der Waals surface area contributed by atoms with Crippen LogP contribution in [0.3, 0.4) is 0 Å². The molecule has 1 atom stereocenters. The van der Waals surface area contributed by atoms with Crippen LogP contribution in [0.4, 0.5) is 5.69 Å². The first-order valence-electron chi connectivity index (χ1n) is 8.29. The third kappa shape index (κ3) is 5.01. The van der Waals surface area contributed by atoms with Crippen LogP contribution in [-0.4, -0.2) is 45.2 Å². The highest BCUT2D eigenvalue weighted by atomic mass is 15.1. The molecule has 0 radical (unpaired) electrons. The number of likely N-dealkylation sites (tertiary alicyclic amines) is 1. The normalized spacial score (nSPS) is 18.7. The van der Waals surface area contributed by atoms with Crippen LogP contribution >= 0.6 is 0 Å². The predicted molar refractivity (Wildman–Crippen MR) is 92.0 cm³/mol. The molecule has 0 amide bonds. The molecule has 118 valence electrons. The zero-order valence-electron chi connectivity index (χ0n) is 14.1. The molecular weight excluding hydrogens is 258 g/mol. The van der Waals surface area contributed by atoms with Gasteiger partial charge in [0.25, 0.3) is 0 Å². The summed E-state index contributed by atoms with van der Waals surface area (Å²) in [6.45, 7) is 9.42. The average Bonchev–Trinajstić information content (AvgIpc) is 2.49. The Labute approximate surface area is 130 Å². The fourth-order valence-electron chi connectivity index (χ4n) is 2.90. The lowest BCUT2D eigenvalue weighted by molar-refractivity contribution is 0.191. The third-order valence-electron chi connectivity index (χ3n) is 4.66. The lowest BCUT2D eigenvalue weighted by Crippen LogP contribution is -2.38. The number of nitrogens with zero attached hydrogens (tertiary/aromatic N) is 2. The maximum absolute atomic E-state index is 3.65. The molecule has 1 aliphatic heterocycles. The zero-order chi connectivity index (χ0) is 15.2. The van der Waals surface area contributed by atoms with E-state index in [1.54, 1.807) is 0 Å². The summed E-state index contributed by atoms with van der Waals surface area (Å²) in [6.07, 6.45) is 2.73. The number of piperidine rings is 1. The van der Waals surface area contributed by atoms with Crippen LogP contribution in [0.25, 0.3) is 0 Å². The van der Waals surface area contributed by atoms with E-state index in [1.807, 2.05) is 0 Å². The molecule has 1 aliphatic rings. The van der Waals surface area contributed by atoms with E-state index in [0.717, 1.165) is 12.5 Å². The van der Waals surface area contributed by atoms with E-state index in [-0.39, 0.29) is 0 Å². The highest BCUT2D eigenvalue weighted by Crippen LogP contribution is 2.18. The zero-order valence-corrected chi connectivity index (χ0v) is 14.1. The minimum Gasteiger partial charge on any atom is -0.378 e. The Morgan fingerprint density at radius 3 is 2.38 bits per heavy atom. The van der Waals surface area contributed by atoms with Crippen molar-refractivity contribution >= 4 is 5.69 Å². The molecule has 1 aromatic carbocycles. The number of anilines is 1. The highest BCUT2D eigenvalue weighted by molar-refractivity contribution is 5.46. The first-order chi connectivity index (χ1) is 10.1. The molecule has 2 rings (SSSR count). The van der Waals surface area contributed by atoms with Gasteiger partial charge in [0.1, 0.15) is 0 Å². The Morgan fingerprint density at radius 1 is 1.19 bits per heavy atom. The smallest absolute Gasteiger partial charge is 0.0361 e. The van der Waals surface area contributed by atoms with Gasteiger partial charge in [-0.1, -0.05) is 19.1 Å². The number of benzene rings is 1. The van der Waals surface area contributed by atoms with Gasteiger partial charge >= 0.3 is 0 Å². The van der Waals surface area contributed by atoms with Crippen molar-refractivity contribution < 1.29 is 0 Å². The fourth-order valence-corrected chi connectivity index (χ4v) is 2.90. The molecule has 0 aromatic heterocycles. The summed E-state index contributed by atoms with van der Waals surface area (Å²) < 4.78 is 0. The van der Waals surface area contributed by atoms with Gasteiger partial charge in [0.05, 0.1) is 0 Å². The van der Waals surface area contributed by atoms with E-state index in [0.29, 0.717) is 6.04 Å². The van der Waals surface area contributed by atoms with Crippen molar-refractivity contribution in [2.24, 2.45) is 5.92 Å². The molecule has 0 aliphatic carbocycles. The van der Waals surface area contributed by atoms with Crippen LogP contribution in [0.15, 0.2) is 24.3 Å². The molecule has 0 spiro atoms. The molecule has 3 heteroatoms. The molecule has 1 aromatic rings. The highest BCUT2D eigenvalue weighted by Gasteiger charge is 2.15. The number of hydrogen-bond acceptors (Lipinski definition) is 3. The van der Waals surface area contributed by atoms with Gasteiger partial charge < -0.3 is 15.1 Å². The standard InChI is InChI=1S/C18H31N3/c1-15-9-12-21(13-10-15)14-11-19-16(2)17-5-7-18(8-6-17)20(3)4/h5-8,15-16,19H,9-14H2,1-4H3. The van der Waals surface area contributed by atoms with Crippen molar-refractivity contribution in [2.45, 2.75) is 32.7 Å². The van der Waals surface area contributed by atoms with E-state index >= 15 is 0 Å². The number of rotatable bonds is 6. The molecular formula is C18H31N3.